The largest absolute Gasteiger partial charge is 0.391 e. The number of ether oxygens (including phenoxy) is 1. The molecule has 1 aromatic rings. The number of alkyl halides is 3. The van der Waals surface area contributed by atoms with Gasteiger partial charge in [-0.15, -0.1) is 11.8 Å². The lowest BCUT2D eigenvalue weighted by molar-refractivity contribution is -0.145. The summed E-state index contributed by atoms with van der Waals surface area (Å²) in [5.41, 5.74) is 1.27. The predicted molar refractivity (Wildman–Crippen MR) is 61.3 cm³/mol. The topological polar surface area (TPSA) is 9.23 Å². The van der Waals surface area contributed by atoms with Crippen LogP contribution >= 0.6 is 11.8 Å². The highest BCUT2D eigenvalue weighted by atomic mass is 32.2. The molecular formula is C12H13F3OS. The first-order valence-corrected chi connectivity index (χ1v) is 6.31. The van der Waals surface area contributed by atoms with Gasteiger partial charge in [-0.05, 0) is 18.1 Å². The summed E-state index contributed by atoms with van der Waals surface area (Å²) in [5.74, 6) is 0. The second-order valence-electron chi connectivity index (χ2n) is 3.99. The van der Waals surface area contributed by atoms with Gasteiger partial charge in [0.25, 0.3) is 0 Å². The third-order valence-electron chi connectivity index (χ3n) is 2.55. The summed E-state index contributed by atoms with van der Waals surface area (Å²) in [6.45, 7) is 0.145. The SMILES string of the molecule is FC(F)(F)CCOCC1Cc2ccccc2S1. The van der Waals surface area contributed by atoms with Crippen molar-refractivity contribution in [2.45, 2.75) is 29.2 Å². The maximum absolute atomic E-state index is 11.9. The summed E-state index contributed by atoms with van der Waals surface area (Å²) in [6, 6.07) is 8.04. The number of halogens is 3. The van der Waals surface area contributed by atoms with E-state index in [0.717, 1.165) is 6.42 Å². The van der Waals surface area contributed by atoms with Crippen molar-refractivity contribution in [3.8, 4) is 0 Å². The van der Waals surface area contributed by atoms with E-state index >= 15 is 0 Å². The lowest BCUT2D eigenvalue weighted by Crippen LogP contribution is -2.16. The summed E-state index contributed by atoms with van der Waals surface area (Å²) >= 11 is 1.69. The van der Waals surface area contributed by atoms with Crippen molar-refractivity contribution < 1.29 is 17.9 Å². The van der Waals surface area contributed by atoms with Crippen LogP contribution in [0.4, 0.5) is 13.2 Å². The molecule has 1 heterocycles. The molecule has 0 bridgehead atoms. The number of hydrogen-bond donors (Lipinski definition) is 0. The Bertz CT molecular complexity index is 353. The molecule has 1 unspecified atom stereocenters. The fourth-order valence-electron chi connectivity index (χ4n) is 1.75. The van der Waals surface area contributed by atoms with Gasteiger partial charge in [0.1, 0.15) is 0 Å². The fourth-order valence-corrected chi connectivity index (χ4v) is 3.00. The van der Waals surface area contributed by atoms with Gasteiger partial charge >= 0.3 is 6.18 Å². The monoisotopic (exact) mass is 262 g/mol. The number of benzene rings is 1. The molecule has 1 aliphatic rings. The molecule has 2 rings (SSSR count). The van der Waals surface area contributed by atoms with Crippen LogP contribution in [0.2, 0.25) is 0 Å². The molecule has 0 aliphatic carbocycles. The third kappa shape index (κ3) is 3.92. The van der Waals surface area contributed by atoms with Crippen LogP contribution in [0.1, 0.15) is 12.0 Å². The van der Waals surface area contributed by atoms with Crippen LogP contribution in [-0.2, 0) is 11.2 Å². The molecule has 1 aliphatic heterocycles. The van der Waals surface area contributed by atoms with E-state index in [1.165, 1.54) is 10.5 Å². The first-order chi connectivity index (χ1) is 8.04. The van der Waals surface area contributed by atoms with Crippen LogP contribution in [0.5, 0.6) is 0 Å². The van der Waals surface area contributed by atoms with Crippen LogP contribution in [0.25, 0.3) is 0 Å². The van der Waals surface area contributed by atoms with Gasteiger partial charge in [0.15, 0.2) is 0 Å². The Morgan fingerprint density at radius 3 is 2.76 bits per heavy atom. The zero-order valence-corrected chi connectivity index (χ0v) is 9.98. The number of hydrogen-bond acceptors (Lipinski definition) is 2. The Labute approximate surface area is 102 Å². The van der Waals surface area contributed by atoms with Crippen LogP contribution in [0.15, 0.2) is 29.2 Å². The quantitative estimate of drug-likeness (QED) is 0.766. The maximum atomic E-state index is 11.9. The second-order valence-corrected chi connectivity index (χ2v) is 5.33. The molecule has 0 spiro atoms. The van der Waals surface area contributed by atoms with Crippen molar-refractivity contribution in [1.82, 2.24) is 0 Å². The van der Waals surface area contributed by atoms with Crippen LogP contribution in [0, 0.1) is 0 Å². The molecule has 1 atom stereocenters. The van der Waals surface area contributed by atoms with Crippen molar-refractivity contribution in [2.24, 2.45) is 0 Å². The molecule has 0 radical (unpaired) electrons. The molecule has 0 aromatic heterocycles. The number of thioether (sulfide) groups is 1. The smallest absolute Gasteiger partial charge is 0.380 e. The summed E-state index contributed by atoms with van der Waals surface area (Å²) in [6.07, 6.45) is -4.10. The van der Waals surface area contributed by atoms with E-state index in [4.69, 9.17) is 4.74 Å². The second kappa shape index (κ2) is 5.31. The highest BCUT2D eigenvalue weighted by Gasteiger charge is 2.27. The van der Waals surface area contributed by atoms with E-state index in [1.54, 1.807) is 11.8 Å². The van der Waals surface area contributed by atoms with Crippen molar-refractivity contribution in [1.29, 1.82) is 0 Å². The molecule has 17 heavy (non-hydrogen) atoms. The summed E-state index contributed by atoms with van der Waals surface area (Å²) in [4.78, 5) is 1.22. The molecule has 0 saturated heterocycles. The van der Waals surface area contributed by atoms with Gasteiger partial charge in [-0.25, -0.2) is 0 Å². The minimum absolute atomic E-state index is 0.239. The van der Waals surface area contributed by atoms with Gasteiger partial charge in [-0.3, -0.25) is 0 Å². The zero-order chi connectivity index (χ0) is 12.3. The third-order valence-corrected chi connectivity index (χ3v) is 3.84. The Morgan fingerprint density at radius 2 is 2.06 bits per heavy atom. The number of rotatable bonds is 4. The average Bonchev–Trinajstić information content (AvgIpc) is 2.65. The van der Waals surface area contributed by atoms with Crippen molar-refractivity contribution in [2.75, 3.05) is 13.2 Å². The minimum atomic E-state index is -4.12. The first kappa shape index (κ1) is 12.8. The average molecular weight is 262 g/mol. The van der Waals surface area contributed by atoms with E-state index in [-0.39, 0.29) is 11.9 Å². The lowest BCUT2D eigenvalue weighted by Gasteiger charge is -2.10. The normalized spacial score (nSPS) is 19.4. The van der Waals surface area contributed by atoms with Crippen molar-refractivity contribution in [3.05, 3.63) is 29.8 Å². The van der Waals surface area contributed by atoms with Crippen LogP contribution in [0.3, 0.4) is 0 Å². The summed E-state index contributed by atoms with van der Waals surface area (Å²) in [7, 11) is 0. The van der Waals surface area contributed by atoms with E-state index in [0.29, 0.717) is 6.61 Å². The fraction of sp³-hybridized carbons (Fsp3) is 0.500. The Kier molecular flexibility index (Phi) is 3.99. The Morgan fingerprint density at radius 1 is 1.29 bits per heavy atom. The molecule has 5 heteroatoms. The summed E-state index contributed by atoms with van der Waals surface area (Å²) in [5, 5.41) is 0.251. The highest BCUT2D eigenvalue weighted by molar-refractivity contribution is 8.00. The molecule has 0 amide bonds. The van der Waals surface area contributed by atoms with Gasteiger partial charge in [-0.2, -0.15) is 13.2 Å². The van der Waals surface area contributed by atoms with Crippen LogP contribution in [-0.4, -0.2) is 24.6 Å². The standard InChI is InChI=1S/C12H13F3OS/c13-12(14,15)5-6-16-8-10-7-9-3-1-2-4-11(9)17-10/h1-4,10H,5-8H2. The summed E-state index contributed by atoms with van der Waals surface area (Å²) < 4.78 is 40.7. The molecule has 0 saturated carbocycles. The molecule has 94 valence electrons. The van der Waals surface area contributed by atoms with Crippen molar-refractivity contribution >= 4 is 11.8 Å². The van der Waals surface area contributed by atoms with E-state index in [2.05, 4.69) is 6.07 Å². The maximum Gasteiger partial charge on any atom is 0.391 e. The molecule has 1 aromatic carbocycles. The zero-order valence-electron chi connectivity index (χ0n) is 9.17. The van der Waals surface area contributed by atoms with E-state index < -0.39 is 12.6 Å². The van der Waals surface area contributed by atoms with Gasteiger partial charge < -0.3 is 4.74 Å². The molecule has 0 fully saturated rings. The van der Waals surface area contributed by atoms with E-state index in [1.807, 2.05) is 18.2 Å². The van der Waals surface area contributed by atoms with Gasteiger partial charge in [0, 0.05) is 10.1 Å². The molecular weight excluding hydrogens is 249 g/mol. The van der Waals surface area contributed by atoms with Gasteiger partial charge in [0.2, 0.25) is 0 Å². The Hall–Kier alpha value is -0.680. The minimum Gasteiger partial charge on any atom is -0.380 e. The Balaban J connectivity index is 1.70. The predicted octanol–water partition coefficient (Wildman–Crippen LogP) is 3.67. The van der Waals surface area contributed by atoms with Crippen molar-refractivity contribution in [3.63, 3.8) is 0 Å². The van der Waals surface area contributed by atoms with Crippen LogP contribution < -0.4 is 0 Å². The van der Waals surface area contributed by atoms with Gasteiger partial charge in [0.05, 0.1) is 19.6 Å². The first-order valence-electron chi connectivity index (χ1n) is 5.44. The number of fused-ring (bicyclic) bond motifs is 1. The molecule has 1 nitrogen and oxygen atoms in total. The highest BCUT2D eigenvalue weighted by Crippen LogP contribution is 2.36. The van der Waals surface area contributed by atoms with E-state index in [9.17, 15) is 13.2 Å². The van der Waals surface area contributed by atoms with Gasteiger partial charge in [-0.1, -0.05) is 18.2 Å². The molecule has 0 N–H and O–H groups in total. The lowest BCUT2D eigenvalue weighted by atomic mass is 10.1.